The molecule has 1 saturated heterocycles. The number of hydrogen-bond donors (Lipinski definition) is 2. The first-order valence-corrected chi connectivity index (χ1v) is 9.18. The summed E-state index contributed by atoms with van der Waals surface area (Å²) < 4.78 is 13.2. The van der Waals surface area contributed by atoms with Gasteiger partial charge in [0.25, 0.3) is 5.91 Å². The Bertz CT molecular complexity index is 953. The molecule has 1 aliphatic rings. The van der Waals surface area contributed by atoms with E-state index in [2.05, 4.69) is 25.5 Å². The Kier molecular flexibility index (Phi) is 5.14. The normalized spacial score (nSPS) is 13.4. The van der Waals surface area contributed by atoms with Gasteiger partial charge in [0.2, 0.25) is 5.95 Å². The molecule has 0 saturated carbocycles. The van der Waals surface area contributed by atoms with Gasteiger partial charge in [-0.05, 0) is 55.3 Å². The van der Waals surface area contributed by atoms with Crippen LogP contribution in [0.15, 0.2) is 60.9 Å². The highest BCUT2D eigenvalue weighted by atomic mass is 19.1. The first kappa shape index (κ1) is 17.9. The van der Waals surface area contributed by atoms with E-state index in [4.69, 9.17) is 0 Å². The Labute approximate surface area is 162 Å². The van der Waals surface area contributed by atoms with Crippen LogP contribution in [0.5, 0.6) is 0 Å². The summed E-state index contributed by atoms with van der Waals surface area (Å²) >= 11 is 0. The highest BCUT2D eigenvalue weighted by Crippen LogP contribution is 2.22. The fourth-order valence-corrected chi connectivity index (χ4v) is 3.14. The zero-order valence-corrected chi connectivity index (χ0v) is 15.2. The molecule has 142 valence electrons. The van der Waals surface area contributed by atoms with Gasteiger partial charge >= 0.3 is 0 Å². The number of aromatic nitrogens is 2. The lowest BCUT2D eigenvalue weighted by molar-refractivity contribution is 0.102. The van der Waals surface area contributed by atoms with Crippen molar-refractivity contribution in [1.82, 2.24) is 9.97 Å². The zero-order valence-electron chi connectivity index (χ0n) is 15.2. The van der Waals surface area contributed by atoms with Crippen LogP contribution in [-0.2, 0) is 0 Å². The van der Waals surface area contributed by atoms with Crippen molar-refractivity contribution in [2.75, 3.05) is 28.6 Å². The highest BCUT2D eigenvalue weighted by Gasteiger charge is 2.13. The van der Waals surface area contributed by atoms with Crippen LogP contribution in [0, 0.1) is 5.82 Å². The zero-order chi connectivity index (χ0) is 19.3. The van der Waals surface area contributed by atoms with Gasteiger partial charge in [-0.25, -0.2) is 14.4 Å². The smallest absolute Gasteiger partial charge is 0.258 e. The molecule has 0 spiro atoms. The summed E-state index contributed by atoms with van der Waals surface area (Å²) in [7, 11) is 0. The van der Waals surface area contributed by atoms with E-state index in [0.717, 1.165) is 18.8 Å². The molecule has 6 nitrogen and oxygen atoms in total. The maximum Gasteiger partial charge on any atom is 0.258 e. The third kappa shape index (κ3) is 4.25. The van der Waals surface area contributed by atoms with Crippen molar-refractivity contribution in [1.29, 1.82) is 0 Å². The van der Waals surface area contributed by atoms with Crippen molar-refractivity contribution >= 4 is 28.9 Å². The van der Waals surface area contributed by atoms with Crippen LogP contribution in [0.3, 0.4) is 0 Å². The molecular weight excluding hydrogens is 357 g/mol. The summed E-state index contributed by atoms with van der Waals surface area (Å²) in [5.41, 5.74) is 2.77. The molecule has 1 amide bonds. The lowest BCUT2D eigenvalue weighted by atomic mass is 10.2. The van der Waals surface area contributed by atoms with E-state index in [1.807, 2.05) is 24.3 Å². The van der Waals surface area contributed by atoms with Gasteiger partial charge in [-0.3, -0.25) is 4.79 Å². The predicted octanol–water partition coefficient (Wildman–Crippen LogP) is 4.21. The Morgan fingerprint density at radius 1 is 0.964 bits per heavy atom. The van der Waals surface area contributed by atoms with Crippen LogP contribution >= 0.6 is 0 Å². The number of carbonyl (C=O) groups excluding carboxylic acids is 1. The number of nitrogens with zero attached hydrogens (tertiary/aromatic N) is 3. The number of anilines is 4. The quantitative estimate of drug-likeness (QED) is 0.697. The van der Waals surface area contributed by atoms with E-state index < -0.39 is 0 Å². The van der Waals surface area contributed by atoms with Crippen LogP contribution in [0.25, 0.3) is 0 Å². The van der Waals surface area contributed by atoms with Gasteiger partial charge in [-0.2, -0.15) is 0 Å². The Morgan fingerprint density at radius 2 is 1.68 bits per heavy atom. The molecule has 0 aliphatic carbocycles. The Hall–Kier alpha value is -3.48. The van der Waals surface area contributed by atoms with E-state index in [1.165, 1.54) is 43.1 Å². The van der Waals surface area contributed by atoms with Crippen LogP contribution in [-0.4, -0.2) is 29.0 Å². The average molecular weight is 377 g/mol. The maximum absolute atomic E-state index is 13.2. The van der Waals surface area contributed by atoms with Crippen molar-refractivity contribution in [3.8, 4) is 0 Å². The van der Waals surface area contributed by atoms with Gasteiger partial charge in [0.05, 0.1) is 5.56 Å². The second-order valence-corrected chi connectivity index (χ2v) is 6.63. The molecule has 0 atom stereocenters. The van der Waals surface area contributed by atoms with E-state index in [-0.39, 0.29) is 17.7 Å². The van der Waals surface area contributed by atoms with Crippen molar-refractivity contribution in [3.05, 3.63) is 72.3 Å². The molecule has 0 bridgehead atoms. The second-order valence-electron chi connectivity index (χ2n) is 6.63. The van der Waals surface area contributed by atoms with E-state index in [0.29, 0.717) is 11.3 Å². The summed E-state index contributed by atoms with van der Waals surface area (Å²) in [4.78, 5) is 23.0. The first-order valence-electron chi connectivity index (χ1n) is 9.18. The number of amides is 1. The summed E-state index contributed by atoms with van der Waals surface area (Å²) in [5.74, 6) is -0.347. The number of carbonyl (C=O) groups is 1. The Morgan fingerprint density at radius 3 is 2.36 bits per heavy atom. The standard InChI is InChI=1S/C21H20FN5O/c22-16-4-3-5-18(12-16)26-21-23-13-15(14-24-21)20(28)25-17-6-8-19(9-7-17)27-10-1-2-11-27/h3-9,12-14H,1-2,10-11H2,(H,25,28)(H,23,24,26). The molecule has 0 unspecified atom stereocenters. The van der Waals surface area contributed by atoms with Gasteiger partial charge in [0, 0.05) is 42.5 Å². The fourth-order valence-electron chi connectivity index (χ4n) is 3.14. The maximum atomic E-state index is 13.2. The lowest BCUT2D eigenvalue weighted by Gasteiger charge is -2.17. The molecule has 1 aliphatic heterocycles. The van der Waals surface area contributed by atoms with E-state index in [1.54, 1.807) is 12.1 Å². The minimum Gasteiger partial charge on any atom is -0.372 e. The predicted molar refractivity (Wildman–Crippen MR) is 108 cm³/mol. The minimum atomic E-state index is -0.350. The van der Waals surface area contributed by atoms with Crippen molar-refractivity contribution in [2.24, 2.45) is 0 Å². The fraction of sp³-hybridized carbons (Fsp3) is 0.190. The average Bonchev–Trinajstić information content (AvgIpc) is 3.24. The number of benzene rings is 2. The van der Waals surface area contributed by atoms with Crippen molar-refractivity contribution in [3.63, 3.8) is 0 Å². The van der Waals surface area contributed by atoms with Crippen LogP contribution in [0.2, 0.25) is 0 Å². The van der Waals surface area contributed by atoms with E-state index in [9.17, 15) is 9.18 Å². The van der Waals surface area contributed by atoms with Crippen LogP contribution < -0.4 is 15.5 Å². The van der Waals surface area contributed by atoms with E-state index >= 15 is 0 Å². The summed E-state index contributed by atoms with van der Waals surface area (Å²) in [6.07, 6.45) is 5.32. The van der Waals surface area contributed by atoms with Gasteiger partial charge in [-0.15, -0.1) is 0 Å². The molecule has 2 aromatic carbocycles. The molecule has 0 radical (unpaired) electrons. The molecule has 2 N–H and O–H groups in total. The number of halogens is 1. The summed E-state index contributed by atoms with van der Waals surface area (Å²) in [6, 6.07) is 13.8. The molecule has 1 aromatic heterocycles. The molecule has 28 heavy (non-hydrogen) atoms. The van der Waals surface area contributed by atoms with Crippen LogP contribution in [0.4, 0.5) is 27.4 Å². The summed E-state index contributed by atoms with van der Waals surface area (Å²) in [6.45, 7) is 2.16. The molecule has 4 rings (SSSR count). The third-order valence-electron chi connectivity index (χ3n) is 4.59. The topological polar surface area (TPSA) is 70.2 Å². The van der Waals surface area contributed by atoms with Gasteiger partial charge < -0.3 is 15.5 Å². The van der Waals surface area contributed by atoms with Gasteiger partial charge in [0.1, 0.15) is 5.82 Å². The lowest BCUT2D eigenvalue weighted by Crippen LogP contribution is -2.17. The number of hydrogen-bond acceptors (Lipinski definition) is 5. The highest BCUT2D eigenvalue weighted by molar-refractivity contribution is 6.04. The molecular formula is C21H20FN5O. The van der Waals surface area contributed by atoms with Gasteiger partial charge in [0.15, 0.2) is 0 Å². The molecule has 1 fully saturated rings. The minimum absolute atomic E-state index is 0.286. The molecule has 2 heterocycles. The molecule has 3 aromatic rings. The Balaban J connectivity index is 1.38. The summed E-state index contributed by atoms with van der Waals surface area (Å²) in [5, 5.41) is 5.74. The van der Waals surface area contributed by atoms with Gasteiger partial charge in [-0.1, -0.05) is 6.07 Å². The van der Waals surface area contributed by atoms with Crippen LogP contribution in [0.1, 0.15) is 23.2 Å². The number of rotatable bonds is 5. The second kappa shape index (κ2) is 8.04. The number of nitrogens with one attached hydrogen (secondary N) is 2. The SMILES string of the molecule is O=C(Nc1ccc(N2CCCC2)cc1)c1cnc(Nc2cccc(F)c2)nc1. The largest absolute Gasteiger partial charge is 0.372 e. The third-order valence-corrected chi connectivity index (χ3v) is 4.59. The monoisotopic (exact) mass is 377 g/mol. The first-order chi connectivity index (χ1) is 13.7. The van der Waals surface area contributed by atoms with Crippen molar-refractivity contribution in [2.45, 2.75) is 12.8 Å². The van der Waals surface area contributed by atoms with Crippen molar-refractivity contribution < 1.29 is 9.18 Å². The molecule has 7 heteroatoms.